The van der Waals surface area contributed by atoms with Crippen molar-refractivity contribution < 1.29 is 33.1 Å². The molecule has 3 N–H and O–H groups in total. The van der Waals surface area contributed by atoms with Gasteiger partial charge in [-0.25, -0.2) is 4.39 Å². The van der Waals surface area contributed by atoms with Crippen molar-refractivity contribution in [1.29, 1.82) is 0 Å². The van der Waals surface area contributed by atoms with Crippen molar-refractivity contribution in [1.82, 2.24) is 20.4 Å². The first-order valence-electron chi connectivity index (χ1n) is 21.7. The molecule has 13 nitrogen and oxygen atoms in total. The van der Waals surface area contributed by atoms with Crippen molar-refractivity contribution >= 4 is 57.5 Å². The van der Waals surface area contributed by atoms with Gasteiger partial charge in [0.1, 0.15) is 11.6 Å². The molecule has 3 saturated heterocycles. The lowest BCUT2D eigenvalue weighted by atomic mass is 9.90. The molecule has 0 bridgehead atoms. The molecule has 5 aromatic carbocycles. The standard InChI is InChI=1S/C50H48FN7O6/c1-52-48(61)34-7-3-8-35(24-34)53-50(63)47-41-26-32(11-16-43(41)56(2)55-47)38-14-13-36(58-21-5-10-46(58)60)28-40(38)31-6-4-9-37(25-31)64-29-30-19-22-57(23-20-30)44-17-12-33(27-42(44)51)39-15-18-45(59)54-49(39)62/h3-4,6-9,11-14,16-17,24-28,30,39H,5,10,15,18-23,29H2,1-2H3,(H,52,61)(H,53,63)(H,54,59,62). The van der Waals surface area contributed by atoms with E-state index in [-0.39, 0.29) is 47.5 Å². The largest absolute Gasteiger partial charge is 0.493 e. The van der Waals surface area contributed by atoms with E-state index in [0.717, 1.165) is 52.7 Å². The zero-order valence-corrected chi connectivity index (χ0v) is 35.7. The molecule has 0 aliphatic carbocycles. The molecule has 9 rings (SSSR count). The number of aryl methyl sites for hydroxylation is 1. The fourth-order valence-corrected chi connectivity index (χ4v) is 9.10. The number of fused-ring (bicyclic) bond motifs is 1. The molecule has 3 aliphatic rings. The molecule has 1 unspecified atom stereocenters. The number of aromatic nitrogens is 2. The van der Waals surface area contributed by atoms with E-state index in [2.05, 4.69) is 21.0 Å². The van der Waals surface area contributed by atoms with Crippen LogP contribution in [-0.2, 0) is 21.4 Å². The number of benzene rings is 5. The van der Waals surface area contributed by atoms with Crippen LogP contribution < -0.4 is 30.5 Å². The summed E-state index contributed by atoms with van der Waals surface area (Å²) in [5.41, 5.74) is 7.31. The van der Waals surface area contributed by atoms with Gasteiger partial charge in [0.15, 0.2) is 5.69 Å². The average Bonchev–Trinajstić information content (AvgIpc) is 3.90. The average molecular weight is 862 g/mol. The third-order valence-electron chi connectivity index (χ3n) is 12.6. The van der Waals surface area contributed by atoms with Crippen molar-refractivity contribution in [2.24, 2.45) is 13.0 Å². The molecule has 14 heteroatoms. The van der Waals surface area contributed by atoms with E-state index in [1.165, 1.54) is 6.07 Å². The first kappa shape index (κ1) is 42.0. The summed E-state index contributed by atoms with van der Waals surface area (Å²) in [6.45, 7) is 2.45. The van der Waals surface area contributed by atoms with Crippen LogP contribution in [0.3, 0.4) is 0 Å². The molecule has 0 saturated carbocycles. The summed E-state index contributed by atoms with van der Waals surface area (Å²) in [4.78, 5) is 66.8. The monoisotopic (exact) mass is 861 g/mol. The summed E-state index contributed by atoms with van der Waals surface area (Å²) in [5.74, 6) is -1.23. The minimum Gasteiger partial charge on any atom is -0.493 e. The number of halogens is 1. The van der Waals surface area contributed by atoms with E-state index in [1.807, 2.05) is 70.5 Å². The van der Waals surface area contributed by atoms with Crippen LogP contribution in [0.15, 0.2) is 103 Å². The Bertz CT molecular complexity index is 2830. The van der Waals surface area contributed by atoms with Crippen molar-refractivity contribution in [3.8, 4) is 28.0 Å². The number of hydrogen-bond donors (Lipinski definition) is 3. The number of nitrogens with one attached hydrogen (secondary N) is 3. The molecule has 5 amide bonds. The van der Waals surface area contributed by atoms with Crippen molar-refractivity contribution in [3.63, 3.8) is 0 Å². The van der Waals surface area contributed by atoms with Crippen LogP contribution in [0.25, 0.3) is 33.2 Å². The predicted octanol–water partition coefficient (Wildman–Crippen LogP) is 7.60. The molecule has 1 aromatic heterocycles. The quantitative estimate of drug-likeness (QED) is 0.113. The Kier molecular flexibility index (Phi) is 11.7. The van der Waals surface area contributed by atoms with Crippen LogP contribution in [0.1, 0.15) is 70.9 Å². The maximum atomic E-state index is 15.4. The molecule has 3 fully saturated rings. The highest BCUT2D eigenvalue weighted by Gasteiger charge is 2.30. The number of carbonyl (C=O) groups excluding carboxylic acids is 5. The van der Waals surface area contributed by atoms with E-state index >= 15 is 4.39 Å². The van der Waals surface area contributed by atoms with Crippen LogP contribution in [-0.4, -0.2) is 72.6 Å². The normalized spacial score (nSPS) is 16.9. The molecule has 3 aliphatic heterocycles. The first-order chi connectivity index (χ1) is 31.0. The fraction of sp³-hybridized carbons (Fsp3) is 0.280. The summed E-state index contributed by atoms with van der Waals surface area (Å²) in [6, 6.07) is 31.5. The molecule has 0 spiro atoms. The Morgan fingerprint density at radius 1 is 0.828 bits per heavy atom. The molecule has 1 atom stereocenters. The van der Waals surface area contributed by atoms with Gasteiger partial charge in [-0.3, -0.25) is 34.0 Å². The van der Waals surface area contributed by atoms with Gasteiger partial charge in [0, 0.05) is 68.9 Å². The summed E-state index contributed by atoms with van der Waals surface area (Å²) in [7, 11) is 3.34. The first-order valence-corrected chi connectivity index (χ1v) is 21.7. The van der Waals surface area contributed by atoms with Crippen LogP contribution in [0.5, 0.6) is 5.75 Å². The number of hydrogen-bond acceptors (Lipinski definition) is 8. The number of anilines is 3. The third-order valence-corrected chi connectivity index (χ3v) is 12.6. The Morgan fingerprint density at radius 3 is 2.41 bits per heavy atom. The number of nitrogens with zero attached hydrogens (tertiary/aromatic N) is 4. The number of carbonyl (C=O) groups is 5. The zero-order valence-electron chi connectivity index (χ0n) is 35.7. The lowest BCUT2D eigenvalue weighted by Gasteiger charge is -2.34. The van der Waals surface area contributed by atoms with E-state index in [4.69, 9.17) is 4.74 Å². The highest BCUT2D eigenvalue weighted by molar-refractivity contribution is 6.12. The van der Waals surface area contributed by atoms with E-state index in [9.17, 15) is 24.0 Å². The topological polar surface area (TPSA) is 155 Å². The fourth-order valence-electron chi connectivity index (χ4n) is 9.10. The van der Waals surface area contributed by atoms with Crippen LogP contribution in [0.2, 0.25) is 0 Å². The second kappa shape index (κ2) is 17.8. The highest BCUT2D eigenvalue weighted by Crippen LogP contribution is 2.39. The Balaban J connectivity index is 0.934. The molecule has 6 aromatic rings. The predicted molar refractivity (Wildman–Crippen MR) is 243 cm³/mol. The summed E-state index contributed by atoms with van der Waals surface area (Å²) in [6.07, 6.45) is 3.53. The maximum absolute atomic E-state index is 15.4. The zero-order chi connectivity index (χ0) is 44.5. The van der Waals surface area contributed by atoms with Gasteiger partial charge in [-0.15, -0.1) is 0 Å². The van der Waals surface area contributed by atoms with Crippen LogP contribution in [0.4, 0.5) is 21.5 Å². The smallest absolute Gasteiger partial charge is 0.276 e. The van der Waals surface area contributed by atoms with E-state index < -0.39 is 11.8 Å². The third kappa shape index (κ3) is 8.55. The van der Waals surface area contributed by atoms with Gasteiger partial charge in [-0.1, -0.05) is 36.4 Å². The second-order valence-electron chi connectivity index (χ2n) is 16.7. The minimum absolute atomic E-state index is 0.0853. The summed E-state index contributed by atoms with van der Waals surface area (Å²) >= 11 is 0. The Hall–Kier alpha value is -7.35. The summed E-state index contributed by atoms with van der Waals surface area (Å²) < 4.78 is 23.5. The molecule has 4 heterocycles. The van der Waals surface area contributed by atoms with Gasteiger partial charge in [-0.2, -0.15) is 5.10 Å². The van der Waals surface area contributed by atoms with E-state index in [0.29, 0.717) is 72.7 Å². The van der Waals surface area contributed by atoms with Crippen LogP contribution in [0, 0.1) is 11.7 Å². The van der Waals surface area contributed by atoms with Gasteiger partial charge in [0.05, 0.1) is 23.7 Å². The molecular weight excluding hydrogens is 814 g/mol. The van der Waals surface area contributed by atoms with Gasteiger partial charge in [0.2, 0.25) is 17.7 Å². The number of amides is 5. The van der Waals surface area contributed by atoms with Gasteiger partial charge < -0.3 is 25.2 Å². The number of ether oxygens (including phenoxy) is 1. The number of imide groups is 1. The van der Waals surface area contributed by atoms with Crippen LogP contribution >= 0.6 is 0 Å². The highest BCUT2D eigenvalue weighted by atomic mass is 19.1. The Labute approximate surface area is 369 Å². The number of rotatable bonds is 11. The van der Waals surface area contributed by atoms with Gasteiger partial charge >= 0.3 is 0 Å². The summed E-state index contributed by atoms with van der Waals surface area (Å²) in [5, 5.41) is 13.1. The minimum atomic E-state index is -0.536. The SMILES string of the molecule is CNC(=O)c1cccc(NC(=O)c2nn(C)c3ccc(-c4ccc(N5CCCC5=O)cc4-c4cccc(OCC5CCN(c6ccc(C7CCC(=O)NC7=O)cc6F)CC5)c4)cc23)c1. The molecule has 0 radical (unpaired) electrons. The van der Waals surface area contributed by atoms with Crippen molar-refractivity contribution in [2.75, 3.05) is 48.4 Å². The van der Waals surface area contributed by atoms with Crippen molar-refractivity contribution in [3.05, 3.63) is 126 Å². The van der Waals surface area contributed by atoms with Gasteiger partial charge in [-0.05, 0) is 126 Å². The maximum Gasteiger partial charge on any atom is 0.276 e. The second-order valence-corrected chi connectivity index (χ2v) is 16.7. The molecular formula is C50H48FN7O6. The number of piperidine rings is 2. The van der Waals surface area contributed by atoms with Crippen molar-refractivity contribution in [2.45, 2.75) is 44.4 Å². The lowest BCUT2D eigenvalue weighted by Crippen LogP contribution is -2.39. The van der Waals surface area contributed by atoms with Gasteiger partial charge in [0.25, 0.3) is 11.8 Å². The van der Waals surface area contributed by atoms with E-state index in [1.54, 1.807) is 55.2 Å². The Morgan fingerprint density at radius 2 is 1.64 bits per heavy atom. The molecule has 64 heavy (non-hydrogen) atoms. The lowest BCUT2D eigenvalue weighted by molar-refractivity contribution is -0.134. The molecule has 326 valence electrons.